The molecule has 0 radical (unpaired) electrons. The van der Waals surface area contributed by atoms with E-state index in [9.17, 15) is 15.0 Å². The number of aliphatic hydroxyl groups excluding tert-OH is 2. The van der Waals surface area contributed by atoms with Gasteiger partial charge in [0.25, 0.3) is 0 Å². The molecule has 2 N–H and O–H groups in total. The summed E-state index contributed by atoms with van der Waals surface area (Å²) in [6.07, 6.45) is 7.34. The van der Waals surface area contributed by atoms with Crippen LogP contribution < -0.4 is 0 Å². The van der Waals surface area contributed by atoms with Gasteiger partial charge in [-0.15, -0.1) is 0 Å². The van der Waals surface area contributed by atoms with Gasteiger partial charge in [-0.1, -0.05) is 19.3 Å². The van der Waals surface area contributed by atoms with Crippen molar-refractivity contribution in [2.75, 3.05) is 13.1 Å². The van der Waals surface area contributed by atoms with Crippen LogP contribution in [0.25, 0.3) is 0 Å². The van der Waals surface area contributed by atoms with Gasteiger partial charge in [0.2, 0.25) is 5.91 Å². The van der Waals surface area contributed by atoms with E-state index in [4.69, 9.17) is 4.74 Å². The molecule has 0 bridgehead atoms. The Bertz CT molecular complexity index is 418. The molecule has 2 aliphatic carbocycles. The van der Waals surface area contributed by atoms with Gasteiger partial charge in [-0.2, -0.15) is 0 Å². The van der Waals surface area contributed by atoms with E-state index in [1.54, 1.807) is 0 Å². The predicted octanol–water partition coefficient (Wildman–Crippen LogP) is 2.09. The fourth-order valence-corrected chi connectivity index (χ4v) is 4.79. The topological polar surface area (TPSA) is 70.0 Å². The summed E-state index contributed by atoms with van der Waals surface area (Å²) in [5.74, 6) is 0.0442. The van der Waals surface area contributed by atoms with Crippen LogP contribution in [0.1, 0.15) is 64.7 Å². The molecule has 5 unspecified atom stereocenters. The minimum Gasteiger partial charge on any atom is -0.393 e. The summed E-state index contributed by atoms with van der Waals surface area (Å²) in [6, 6.07) is 0. The van der Waals surface area contributed by atoms with E-state index in [0.717, 1.165) is 25.9 Å². The van der Waals surface area contributed by atoms with Gasteiger partial charge in [-0.05, 0) is 38.5 Å². The third kappa shape index (κ3) is 4.12. The van der Waals surface area contributed by atoms with Crippen LogP contribution in [0.3, 0.4) is 0 Å². The van der Waals surface area contributed by atoms with Gasteiger partial charge < -0.3 is 19.8 Å². The number of hydrogen-bond donors (Lipinski definition) is 2. The Morgan fingerprint density at radius 1 is 1.04 bits per heavy atom. The molecule has 2 saturated carbocycles. The van der Waals surface area contributed by atoms with Gasteiger partial charge in [0.15, 0.2) is 0 Å². The van der Waals surface area contributed by atoms with Crippen LogP contribution in [0, 0.1) is 11.8 Å². The number of carbonyl (C=O) groups is 1. The quantitative estimate of drug-likeness (QED) is 0.823. The van der Waals surface area contributed by atoms with E-state index in [2.05, 4.69) is 6.92 Å². The molecule has 3 fully saturated rings. The summed E-state index contributed by atoms with van der Waals surface area (Å²) in [4.78, 5) is 14.8. The Morgan fingerprint density at radius 2 is 1.71 bits per heavy atom. The molecule has 3 aliphatic rings. The molecular formula is C19H33NO4. The highest BCUT2D eigenvalue weighted by atomic mass is 16.5. The lowest BCUT2D eigenvalue weighted by Gasteiger charge is -2.41. The molecule has 5 heteroatoms. The Labute approximate surface area is 145 Å². The number of rotatable bonds is 4. The van der Waals surface area contributed by atoms with Gasteiger partial charge in [0.05, 0.1) is 30.3 Å². The summed E-state index contributed by atoms with van der Waals surface area (Å²) >= 11 is 0. The number of amides is 1. The molecule has 1 amide bonds. The monoisotopic (exact) mass is 339 g/mol. The van der Waals surface area contributed by atoms with Crippen molar-refractivity contribution >= 4 is 5.91 Å². The first-order valence-corrected chi connectivity index (χ1v) is 9.86. The van der Waals surface area contributed by atoms with Crippen LogP contribution in [-0.2, 0) is 9.53 Å². The average molecular weight is 339 g/mol. The van der Waals surface area contributed by atoms with Crippen molar-refractivity contribution in [3.63, 3.8) is 0 Å². The van der Waals surface area contributed by atoms with Crippen LogP contribution in [0.5, 0.6) is 0 Å². The predicted molar refractivity (Wildman–Crippen MR) is 91.5 cm³/mol. The third-order valence-corrected chi connectivity index (χ3v) is 6.24. The number of hydrogen-bond acceptors (Lipinski definition) is 4. The maximum Gasteiger partial charge on any atom is 0.230 e. The largest absolute Gasteiger partial charge is 0.393 e. The smallest absolute Gasteiger partial charge is 0.230 e. The zero-order valence-electron chi connectivity index (χ0n) is 14.9. The zero-order valence-corrected chi connectivity index (χ0v) is 14.9. The standard InChI is InChI=1S/C19H33NO4/c1-13(14-7-3-2-4-8-14)24-17-12-15(21)11-16(22)18(17)19(23)20-9-5-6-10-20/h13-18,21-22H,2-12H2,1H3. The molecule has 0 spiro atoms. The summed E-state index contributed by atoms with van der Waals surface area (Å²) in [5, 5.41) is 20.5. The lowest BCUT2D eigenvalue weighted by Crippen LogP contribution is -2.52. The van der Waals surface area contributed by atoms with Crippen LogP contribution in [-0.4, -0.2) is 58.5 Å². The molecule has 5 atom stereocenters. The minimum absolute atomic E-state index is 0.0211. The van der Waals surface area contributed by atoms with Gasteiger partial charge in [-0.3, -0.25) is 4.79 Å². The van der Waals surface area contributed by atoms with Crippen molar-refractivity contribution in [2.24, 2.45) is 11.8 Å². The number of likely N-dealkylation sites (tertiary alicyclic amines) is 1. The maximum atomic E-state index is 12.9. The number of carbonyl (C=O) groups excluding carboxylic acids is 1. The summed E-state index contributed by atoms with van der Waals surface area (Å²) in [7, 11) is 0. The second-order valence-electron chi connectivity index (χ2n) is 8.03. The zero-order chi connectivity index (χ0) is 17.1. The SMILES string of the molecule is CC(OC1CC(O)CC(O)C1C(=O)N1CCCC1)C1CCCCC1. The molecule has 0 aromatic carbocycles. The Balaban J connectivity index is 1.67. The highest BCUT2D eigenvalue weighted by Crippen LogP contribution is 2.34. The maximum absolute atomic E-state index is 12.9. The molecule has 0 aromatic heterocycles. The van der Waals surface area contributed by atoms with Gasteiger partial charge >= 0.3 is 0 Å². The van der Waals surface area contributed by atoms with Crippen molar-refractivity contribution in [3.8, 4) is 0 Å². The molecule has 1 heterocycles. The van der Waals surface area contributed by atoms with Crippen LogP contribution in [0.4, 0.5) is 0 Å². The van der Waals surface area contributed by atoms with E-state index >= 15 is 0 Å². The number of nitrogens with zero attached hydrogens (tertiary/aromatic N) is 1. The fraction of sp³-hybridized carbons (Fsp3) is 0.947. The molecular weight excluding hydrogens is 306 g/mol. The van der Waals surface area contributed by atoms with Crippen molar-refractivity contribution < 1.29 is 19.7 Å². The second-order valence-corrected chi connectivity index (χ2v) is 8.03. The first-order chi connectivity index (χ1) is 11.6. The summed E-state index contributed by atoms with van der Waals surface area (Å²) in [5.41, 5.74) is 0. The summed E-state index contributed by atoms with van der Waals surface area (Å²) < 4.78 is 6.30. The molecule has 24 heavy (non-hydrogen) atoms. The molecule has 1 saturated heterocycles. The van der Waals surface area contributed by atoms with Crippen LogP contribution >= 0.6 is 0 Å². The van der Waals surface area contributed by atoms with E-state index in [1.165, 1.54) is 32.1 Å². The van der Waals surface area contributed by atoms with Crippen LogP contribution in [0.2, 0.25) is 0 Å². The molecule has 1 aliphatic heterocycles. The van der Waals surface area contributed by atoms with Gasteiger partial charge in [0, 0.05) is 25.9 Å². The van der Waals surface area contributed by atoms with E-state index in [-0.39, 0.29) is 24.5 Å². The van der Waals surface area contributed by atoms with E-state index in [0.29, 0.717) is 12.3 Å². The van der Waals surface area contributed by atoms with Crippen molar-refractivity contribution in [1.82, 2.24) is 4.90 Å². The van der Waals surface area contributed by atoms with Crippen molar-refractivity contribution in [1.29, 1.82) is 0 Å². The minimum atomic E-state index is -0.801. The highest BCUT2D eigenvalue weighted by molar-refractivity contribution is 5.80. The Hall–Kier alpha value is -0.650. The molecule has 138 valence electrons. The average Bonchev–Trinajstić information content (AvgIpc) is 3.09. The van der Waals surface area contributed by atoms with Crippen LogP contribution in [0.15, 0.2) is 0 Å². The number of aliphatic hydroxyl groups is 2. The lowest BCUT2D eigenvalue weighted by atomic mass is 9.80. The van der Waals surface area contributed by atoms with E-state index in [1.807, 2.05) is 4.90 Å². The first kappa shape index (κ1) is 18.2. The second kappa shape index (κ2) is 8.15. The normalized spacial score (nSPS) is 36.7. The molecule has 3 rings (SSSR count). The Morgan fingerprint density at radius 3 is 2.38 bits per heavy atom. The summed E-state index contributed by atoms with van der Waals surface area (Å²) in [6.45, 7) is 3.67. The third-order valence-electron chi connectivity index (χ3n) is 6.24. The van der Waals surface area contributed by atoms with Crippen molar-refractivity contribution in [2.45, 2.75) is 89.1 Å². The molecule has 5 nitrogen and oxygen atoms in total. The number of ether oxygens (including phenoxy) is 1. The first-order valence-electron chi connectivity index (χ1n) is 9.86. The molecule has 0 aromatic rings. The van der Waals surface area contributed by atoms with Gasteiger partial charge in [0.1, 0.15) is 0 Å². The highest BCUT2D eigenvalue weighted by Gasteiger charge is 2.44. The van der Waals surface area contributed by atoms with E-state index < -0.39 is 18.1 Å². The Kier molecular flexibility index (Phi) is 6.17. The fourth-order valence-electron chi connectivity index (χ4n) is 4.79. The van der Waals surface area contributed by atoms with Gasteiger partial charge in [-0.25, -0.2) is 0 Å². The van der Waals surface area contributed by atoms with Crippen molar-refractivity contribution in [3.05, 3.63) is 0 Å². The lowest BCUT2D eigenvalue weighted by molar-refractivity contribution is -0.165.